The van der Waals surface area contributed by atoms with E-state index >= 15 is 0 Å². The number of nitrogens with zero attached hydrogens (tertiary/aromatic N) is 1. The Labute approximate surface area is 203 Å². The molecule has 0 saturated heterocycles. The normalized spacial score (nSPS) is 20.1. The number of aromatic nitrogens is 1. The van der Waals surface area contributed by atoms with Gasteiger partial charge in [-0.15, -0.1) is 0 Å². The molecule has 3 rings (SSSR count). The van der Waals surface area contributed by atoms with Crippen LogP contribution in [0, 0.1) is 11.7 Å². The van der Waals surface area contributed by atoms with Crippen molar-refractivity contribution < 1.29 is 32.7 Å². The van der Waals surface area contributed by atoms with Crippen molar-refractivity contribution in [1.82, 2.24) is 10.0 Å². The Bertz CT molecular complexity index is 1220. The van der Waals surface area contributed by atoms with Gasteiger partial charge in [-0.25, -0.2) is 18.3 Å². The van der Waals surface area contributed by atoms with Crippen molar-refractivity contribution in [3.8, 4) is 16.9 Å². The van der Waals surface area contributed by atoms with E-state index in [4.69, 9.17) is 9.94 Å². The van der Waals surface area contributed by atoms with Crippen LogP contribution in [0.25, 0.3) is 11.1 Å². The summed E-state index contributed by atoms with van der Waals surface area (Å²) in [5, 5.41) is 18.5. The van der Waals surface area contributed by atoms with Crippen molar-refractivity contribution in [2.45, 2.75) is 56.4 Å². The third-order valence-corrected chi connectivity index (χ3v) is 8.81. The second-order valence-electron chi connectivity index (χ2n) is 9.27. The number of amides is 1. The molecule has 11 heteroatoms. The first kappa shape index (κ1) is 26.8. The van der Waals surface area contributed by atoms with Gasteiger partial charge in [0.25, 0.3) is 11.5 Å². The topological polar surface area (TPSA) is 135 Å². The van der Waals surface area contributed by atoms with E-state index in [0.29, 0.717) is 17.7 Å². The second kappa shape index (κ2) is 10.9. The van der Waals surface area contributed by atoms with Crippen molar-refractivity contribution in [1.29, 1.82) is 0 Å². The molecule has 1 fully saturated rings. The highest BCUT2D eigenvalue weighted by Crippen LogP contribution is 2.28. The number of rotatable bonds is 9. The van der Waals surface area contributed by atoms with Gasteiger partial charge in [0.15, 0.2) is 26.2 Å². The molecule has 9 nitrogen and oxygen atoms in total. The molecular weight excluding hydrogens is 479 g/mol. The number of nitrogens with one attached hydrogen (secondary N) is 1. The van der Waals surface area contributed by atoms with Crippen LogP contribution in [0.15, 0.2) is 41.3 Å². The molecule has 1 saturated carbocycles. The Morgan fingerprint density at radius 2 is 1.86 bits per heavy atom. The Morgan fingerprint density at radius 3 is 2.43 bits per heavy atom. The molecule has 2 aromatic rings. The Morgan fingerprint density at radius 1 is 1.20 bits per heavy atom. The maximum absolute atomic E-state index is 14.6. The van der Waals surface area contributed by atoms with Gasteiger partial charge in [0.05, 0.1) is 12.7 Å². The SMILES string of the molecule is C[C@@](CCn1ccc(-c2ccc(OCC3CCC(O)CC3)c(F)c2)cc1=O)(C(=O)NO)S(C)(=O)=O. The standard InChI is InChI=1S/C24H31FN2O7S/c1-24(23(30)26-31,35(2,32)33)10-12-27-11-9-18(14-22(27)29)17-5-8-21(20(25)13-17)34-15-16-3-6-19(28)7-4-16/h5,8-9,11,13-14,16,19,28,31H,3-4,6-7,10,12,15H2,1-2H3,(H,26,30)/t16?,19?,24-/m1/s1. The summed E-state index contributed by atoms with van der Waals surface area (Å²) < 4.78 is 43.8. The van der Waals surface area contributed by atoms with Crippen LogP contribution >= 0.6 is 0 Å². The number of ether oxygens (including phenoxy) is 1. The van der Waals surface area contributed by atoms with E-state index in [1.54, 1.807) is 12.1 Å². The van der Waals surface area contributed by atoms with Gasteiger partial charge in [-0.3, -0.25) is 14.8 Å². The summed E-state index contributed by atoms with van der Waals surface area (Å²) in [7, 11) is -3.89. The number of aliphatic hydroxyl groups excluding tert-OH is 1. The van der Waals surface area contributed by atoms with E-state index in [2.05, 4.69) is 0 Å². The lowest BCUT2D eigenvalue weighted by atomic mass is 9.88. The van der Waals surface area contributed by atoms with Gasteiger partial charge < -0.3 is 14.4 Å². The molecule has 1 aromatic heterocycles. The highest BCUT2D eigenvalue weighted by atomic mass is 32.2. The first-order chi connectivity index (χ1) is 16.4. The fraction of sp³-hybridized carbons (Fsp3) is 0.500. The van der Waals surface area contributed by atoms with E-state index in [-0.39, 0.29) is 30.7 Å². The average Bonchev–Trinajstić information content (AvgIpc) is 2.82. The number of carbonyl (C=O) groups excluding carboxylic acids is 1. The number of benzene rings is 1. The van der Waals surface area contributed by atoms with Crippen LogP contribution in [-0.4, -0.2) is 52.9 Å². The number of sulfone groups is 1. The predicted octanol–water partition coefficient (Wildman–Crippen LogP) is 2.28. The summed E-state index contributed by atoms with van der Waals surface area (Å²) in [6.07, 6.45) is 4.95. The number of halogens is 1. The van der Waals surface area contributed by atoms with Crippen LogP contribution in [0.1, 0.15) is 39.0 Å². The second-order valence-corrected chi connectivity index (χ2v) is 11.7. The maximum atomic E-state index is 14.6. The van der Waals surface area contributed by atoms with Gasteiger partial charge in [-0.1, -0.05) is 6.07 Å². The molecule has 1 atom stereocenters. The quantitative estimate of drug-likeness (QED) is 0.348. The third kappa shape index (κ3) is 6.28. The van der Waals surface area contributed by atoms with Gasteiger partial charge in [0.2, 0.25) is 0 Å². The van der Waals surface area contributed by atoms with Gasteiger partial charge in [0, 0.05) is 25.1 Å². The molecule has 1 aromatic carbocycles. The van der Waals surface area contributed by atoms with Crippen LogP contribution in [-0.2, 0) is 21.2 Å². The van der Waals surface area contributed by atoms with Crippen molar-refractivity contribution in [3.63, 3.8) is 0 Å². The molecule has 192 valence electrons. The van der Waals surface area contributed by atoms with Crippen molar-refractivity contribution in [2.75, 3.05) is 12.9 Å². The van der Waals surface area contributed by atoms with Crippen molar-refractivity contribution >= 4 is 15.7 Å². The summed E-state index contributed by atoms with van der Waals surface area (Å²) in [6.45, 7) is 1.46. The molecular formula is C24H31FN2O7S. The number of hydrogen-bond acceptors (Lipinski definition) is 7. The molecule has 0 unspecified atom stereocenters. The molecule has 0 radical (unpaired) electrons. The molecule has 0 spiro atoms. The Hall–Kier alpha value is -2.76. The van der Waals surface area contributed by atoms with Crippen molar-refractivity contribution in [2.24, 2.45) is 5.92 Å². The highest BCUT2D eigenvalue weighted by molar-refractivity contribution is 7.92. The lowest BCUT2D eigenvalue weighted by Crippen LogP contribution is -2.49. The zero-order valence-corrected chi connectivity index (χ0v) is 20.6. The van der Waals surface area contributed by atoms with Crippen LogP contribution in [0.4, 0.5) is 4.39 Å². The fourth-order valence-corrected chi connectivity index (χ4v) is 4.95. The molecule has 0 bridgehead atoms. The van der Waals surface area contributed by atoms with E-state index in [0.717, 1.165) is 31.9 Å². The molecule has 3 N–H and O–H groups in total. The minimum absolute atomic E-state index is 0.0879. The molecule has 35 heavy (non-hydrogen) atoms. The average molecular weight is 511 g/mol. The summed E-state index contributed by atoms with van der Waals surface area (Å²) in [5.41, 5.74) is 1.86. The first-order valence-electron chi connectivity index (χ1n) is 11.4. The maximum Gasteiger partial charge on any atom is 0.264 e. The minimum Gasteiger partial charge on any atom is -0.490 e. The van der Waals surface area contributed by atoms with E-state index < -0.39 is 31.9 Å². The van der Waals surface area contributed by atoms with Crippen LogP contribution in [0.5, 0.6) is 5.75 Å². The van der Waals surface area contributed by atoms with E-state index in [9.17, 15) is 27.5 Å². The van der Waals surface area contributed by atoms with Crippen LogP contribution < -0.4 is 15.8 Å². The molecule has 1 aliphatic rings. The van der Waals surface area contributed by atoms with Crippen LogP contribution in [0.3, 0.4) is 0 Å². The smallest absolute Gasteiger partial charge is 0.264 e. The fourth-order valence-electron chi connectivity index (χ4n) is 4.11. The van der Waals surface area contributed by atoms with Gasteiger partial charge in [-0.2, -0.15) is 0 Å². The summed E-state index contributed by atoms with van der Waals surface area (Å²) in [4.78, 5) is 24.6. The van der Waals surface area contributed by atoms with Crippen LogP contribution in [0.2, 0.25) is 0 Å². The van der Waals surface area contributed by atoms with Gasteiger partial charge >= 0.3 is 0 Å². The van der Waals surface area contributed by atoms with E-state index in [1.807, 2.05) is 0 Å². The first-order valence-corrected chi connectivity index (χ1v) is 13.3. The Balaban J connectivity index is 1.69. The summed E-state index contributed by atoms with van der Waals surface area (Å²) in [6, 6.07) is 7.33. The number of carbonyl (C=O) groups is 1. The third-order valence-electron chi connectivity index (χ3n) is 6.78. The van der Waals surface area contributed by atoms with E-state index in [1.165, 1.54) is 41.4 Å². The van der Waals surface area contributed by atoms with Gasteiger partial charge in [0.1, 0.15) is 0 Å². The number of aryl methyl sites for hydroxylation is 1. The summed E-state index contributed by atoms with van der Waals surface area (Å²) >= 11 is 0. The molecule has 0 aliphatic heterocycles. The van der Waals surface area contributed by atoms with Crippen molar-refractivity contribution in [3.05, 3.63) is 52.7 Å². The Kier molecular flexibility index (Phi) is 8.34. The number of hydroxylamine groups is 1. The lowest BCUT2D eigenvalue weighted by Gasteiger charge is -2.25. The summed E-state index contributed by atoms with van der Waals surface area (Å²) in [5.74, 6) is -1.24. The minimum atomic E-state index is -3.89. The predicted molar refractivity (Wildman–Crippen MR) is 127 cm³/mol. The number of pyridine rings is 1. The highest BCUT2D eigenvalue weighted by Gasteiger charge is 2.43. The number of hydrogen-bond donors (Lipinski definition) is 3. The molecule has 1 heterocycles. The molecule has 1 amide bonds. The largest absolute Gasteiger partial charge is 0.490 e. The monoisotopic (exact) mass is 510 g/mol. The zero-order chi connectivity index (χ0) is 25.8. The van der Waals surface area contributed by atoms with Gasteiger partial charge in [-0.05, 0) is 74.3 Å². The zero-order valence-electron chi connectivity index (χ0n) is 19.7. The lowest BCUT2D eigenvalue weighted by molar-refractivity contribution is -0.131. The molecule has 1 aliphatic carbocycles. The number of aliphatic hydroxyl groups is 1.